The number of hydrogen-bond acceptors (Lipinski definition) is 5. The van der Waals surface area contributed by atoms with E-state index in [1.807, 2.05) is 41.5 Å². The van der Waals surface area contributed by atoms with Crippen LogP contribution in [0.25, 0.3) is 0 Å². The highest BCUT2D eigenvalue weighted by atomic mass is 16.6. The van der Waals surface area contributed by atoms with Gasteiger partial charge >= 0.3 is 11.9 Å². The number of fused-ring (bicyclic) bond motifs is 2. The highest BCUT2D eigenvalue weighted by Gasteiger charge is 2.59. The third kappa shape index (κ3) is 5.31. The molecule has 35 heavy (non-hydrogen) atoms. The normalized spacial score (nSPS) is 41.4. The Morgan fingerprint density at radius 2 is 1.34 bits per heavy atom. The van der Waals surface area contributed by atoms with Gasteiger partial charge in [0.2, 0.25) is 0 Å². The van der Waals surface area contributed by atoms with Gasteiger partial charge in [0.1, 0.15) is 11.2 Å². The molecule has 5 heteroatoms. The van der Waals surface area contributed by atoms with Gasteiger partial charge in [-0.3, -0.25) is 9.59 Å². The van der Waals surface area contributed by atoms with Gasteiger partial charge < -0.3 is 14.6 Å². The van der Waals surface area contributed by atoms with Crippen molar-refractivity contribution in [3.05, 3.63) is 0 Å². The molecule has 0 radical (unpaired) electrons. The van der Waals surface area contributed by atoms with Crippen LogP contribution < -0.4 is 0 Å². The Morgan fingerprint density at radius 1 is 0.800 bits per heavy atom. The number of carbonyl (C=O) groups excluding carboxylic acids is 2. The van der Waals surface area contributed by atoms with Crippen molar-refractivity contribution in [1.29, 1.82) is 0 Å². The predicted octanol–water partition coefficient (Wildman–Crippen LogP) is 6.59. The van der Waals surface area contributed by atoms with Crippen molar-refractivity contribution in [2.75, 3.05) is 0 Å². The maximum atomic E-state index is 12.4. The molecule has 5 unspecified atom stereocenters. The van der Waals surface area contributed by atoms with Crippen molar-refractivity contribution in [2.45, 2.75) is 142 Å². The van der Waals surface area contributed by atoms with Crippen LogP contribution in [-0.2, 0) is 19.1 Å². The lowest BCUT2D eigenvalue weighted by atomic mass is 9.52. The fourth-order valence-electron chi connectivity index (χ4n) is 7.90. The van der Waals surface area contributed by atoms with Gasteiger partial charge in [-0.2, -0.15) is 0 Å². The quantitative estimate of drug-likeness (QED) is 0.425. The van der Waals surface area contributed by atoms with Crippen LogP contribution in [0.1, 0.15) is 126 Å². The molecule has 0 saturated heterocycles. The maximum Gasteiger partial charge on any atom is 0.312 e. The summed E-state index contributed by atoms with van der Waals surface area (Å²) in [7, 11) is 0. The van der Waals surface area contributed by atoms with Crippen molar-refractivity contribution in [3.63, 3.8) is 0 Å². The fraction of sp³-hybridized carbons (Fsp3) is 0.933. The summed E-state index contributed by atoms with van der Waals surface area (Å²) in [6, 6.07) is 0. The standard InChI is InChI=1S/C16H26O3.C14H24O2/c1-4-14(2,3)13(17)19-16-8-11-5-12(9-16)7-15(18,6-11)10-16;1-5-13(2,3)12(15)16-14(4)9-10-6-7-11(14)8-10/h11-12,18H,4-10H2,1-3H3;10-11H,5-9H2,1-4H3. The van der Waals surface area contributed by atoms with Crippen LogP contribution in [0.2, 0.25) is 0 Å². The molecular weight excluding hydrogens is 440 g/mol. The second-order valence-electron chi connectivity index (χ2n) is 14.5. The first-order valence-corrected chi connectivity index (χ1v) is 14.3. The van der Waals surface area contributed by atoms with Crippen LogP contribution in [0.4, 0.5) is 0 Å². The summed E-state index contributed by atoms with van der Waals surface area (Å²) in [4.78, 5) is 24.5. The third-order valence-electron chi connectivity index (χ3n) is 10.6. The van der Waals surface area contributed by atoms with Gasteiger partial charge in [0.15, 0.2) is 0 Å². The van der Waals surface area contributed by atoms with E-state index in [1.54, 1.807) is 0 Å². The predicted molar refractivity (Wildman–Crippen MR) is 137 cm³/mol. The largest absolute Gasteiger partial charge is 0.459 e. The van der Waals surface area contributed by atoms with Gasteiger partial charge in [0.05, 0.1) is 16.4 Å². The van der Waals surface area contributed by atoms with Gasteiger partial charge in [0, 0.05) is 6.42 Å². The van der Waals surface area contributed by atoms with Crippen molar-refractivity contribution >= 4 is 11.9 Å². The van der Waals surface area contributed by atoms with Crippen LogP contribution in [0.3, 0.4) is 0 Å². The SMILES string of the molecule is CCC(C)(C)C(=O)OC1(C)CC2CCC1C2.CCC(C)(C)C(=O)OC12CC3CC(CC(O)(C3)C1)C2. The zero-order chi connectivity index (χ0) is 25.9. The van der Waals surface area contributed by atoms with E-state index in [-0.39, 0.29) is 28.6 Å². The fourth-order valence-corrected chi connectivity index (χ4v) is 7.90. The molecule has 6 fully saturated rings. The van der Waals surface area contributed by atoms with E-state index in [9.17, 15) is 14.7 Å². The monoisotopic (exact) mass is 490 g/mol. The van der Waals surface area contributed by atoms with Crippen LogP contribution in [0, 0.1) is 34.5 Å². The number of rotatable bonds is 6. The zero-order valence-corrected chi connectivity index (χ0v) is 23.4. The molecule has 0 aromatic carbocycles. The topological polar surface area (TPSA) is 72.8 Å². The molecular formula is C30H50O5. The van der Waals surface area contributed by atoms with Gasteiger partial charge in [-0.15, -0.1) is 0 Å². The molecule has 1 N–H and O–H groups in total. The Bertz CT molecular complexity index is 815. The lowest BCUT2D eigenvalue weighted by Gasteiger charge is -2.59. The molecule has 6 rings (SSSR count). The summed E-state index contributed by atoms with van der Waals surface area (Å²) in [5.74, 6) is 2.46. The van der Waals surface area contributed by atoms with Gasteiger partial charge in [0.25, 0.3) is 0 Å². The Hall–Kier alpha value is -1.10. The van der Waals surface area contributed by atoms with E-state index in [1.165, 1.54) is 25.7 Å². The molecule has 0 heterocycles. The minimum absolute atomic E-state index is 0.00921. The molecule has 6 aliphatic rings. The summed E-state index contributed by atoms with van der Waals surface area (Å²) in [5, 5.41) is 10.6. The molecule has 0 aromatic heterocycles. The zero-order valence-electron chi connectivity index (χ0n) is 23.4. The Morgan fingerprint density at radius 3 is 1.77 bits per heavy atom. The summed E-state index contributed by atoms with van der Waals surface area (Å²) in [6.45, 7) is 14.1. The van der Waals surface area contributed by atoms with E-state index < -0.39 is 11.0 Å². The average molecular weight is 491 g/mol. The summed E-state index contributed by atoms with van der Waals surface area (Å²) < 4.78 is 11.8. The molecule has 0 aromatic rings. The smallest absolute Gasteiger partial charge is 0.312 e. The Kier molecular flexibility index (Phi) is 6.95. The van der Waals surface area contributed by atoms with Crippen LogP contribution in [0.15, 0.2) is 0 Å². The van der Waals surface area contributed by atoms with Crippen molar-refractivity contribution < 1.29 is 24.2 Å². The molecule has 5 atom stereocenters. The summed E-state index contributed by atoms with van der Waals surface area (Å²) in [6.07, 6.45) is 12.2. The lowest BCUT2D eigenvalue weighted by Crippen LogP contribution is -2.61. The van der Waals surface area contributed by atoms with E-state index in [0.29, 0.717) is 24.2 Å². The summed E-state index contributed by atoms with van der Waals surface area (Å²) >= 11 is 0. The Labute approximate surface area is 213 Å². The first-order valence-electron chi connectivity index (χ1n) is 14.3. The molecule has 0 aliphatic heterocycles. The highest BCUT2D eigenvalue weighted by molar-refractivity contribution is 5.76. The molecule has 0 spiro atoms. The van der Waals surface area contributed by atoms with E-state index >= 15 is 0 Å². The molecule has 6 saturated carbocycles. The average Bonchev–Trinajstić information content (AvgIpc) is 3.32. The van der Waals surface area contributed by atoms with Gasteiger partial charge in [-0.05, 0) is 129 Å². The summed E-state index contributed by atoms with van der Waals surface area (Å²) in [5.41, 5.74) is -1.81. The minimum Gasteiger partial charge on any atom is -0.459 e. The number of ether oxygens (including phenoxy) is 2. The van der Waals surface area contributed by atoms with Crippen LogP contribution >= 0.6 is 0 Å². The second-order valence-corrected chi connectivity index (χ2v) is 14.5. The number of aliphatic hydroxyl groups is 1. The first kappa shape index (κ1) is 26.9. The van der Waals surface area contributed by atoms with E-state index in [4.69, 9.17) is 9.47 Å². The van der Waals surface area contributed by atoms with Gasteiger partial charge in [-0.25, -0.2) is 0 Å². The lowest BCUT2D eigenvalue weighted by molar-refractivity contribution is -0.225. The van der Waals surface area contributed by atoms with E-state index in [0.717, 1.165) is 50.9 Å². The van der Waals surface area contributed by atoms with Crippen LogP contribution in [-0.4, -0.2) is 33.8 Å². The number of hydrogen-bond donors (Lipinski definition) is 1. The van der Waals surface area contributed by atoms with Gasteiger partial charge in [-0.1, -0.05) is 13.8 Å². The molecule has 5 nitrogen and oxygen atoms in total. The molecule has 6 aliphatic carbocycles. The van der Waals surface area contributed by atoms with Crippen molar-refractivity contribution in [1.82, 2.24) is 0 Å². The van der Waals surface area contributed by atoms with Crippen molar-refractivity contribution in [3.8, 4) is 0 Å². The van der Waals surface area contributed by atoms with Crippen molar-refractivity contribution in [2.24, 2.45) is 34.5 Å². The highest BCUT2D eigenvalue weighted by Crippen LogP contribution is 2.59. The van der Waals surface area contributed by atoms with Crippen LogP contribution in [0.5, 0.6) is 0 Å². The second kappa shape index (κ2) is 9.03. The first-order chi connectivity index (χ1) is 16.1. The third-order valence-corrected chi connectivity index (χ3v) is 10.6. The molecule has 0 amide bonds. The number of esters is 2. The minimum atomic E-state index is -0.555. The van der Waals surface area contributed by atoms with E-state index in [2.05, 4.69) is 6.92 Å². The Balaban J connectivity index is 0.000000168. The molecule has 6 bridgehead atoms. The molecule has 200 valence electrons. The maximum absolute atomic E-state index is 12.4. The number of carbonyl (C=O) groups is 2.